The molecule has 0 spiro atoms. The van der Waals surface area contributed by atoms with Crippen molar-refractivity contribution in [2.24, 2.45) is 11.7 Å². The molecule has 0 bridgehead atoms. The Labute approximate surface area is 59.0 Å². The van der Waals surface area contributed by atoms with E-state index in [1.165, 1.54) is 0 Å². The van der Waals surface area contributed by atoms with Gasteiger partial charge in [0.05, 0.1) is 19.1 Å². The van der Waals surface area contributed by atoms with Gasteiger partial charge in [0.2, 0.25) is 0 Å². The number of ether oxygens (including phenoxy) is 1. The van der Waals surface area contributed by atoms with E-state index in [4.69, 9.17) is 15.6 Å². The van der Waals surface area contributed by atoms with Crippen molar-refractivity contribution in [1.29, 1.82) is 0 Å². The molecule has 58 valence electrons. The average molecular weight is 145 g/mol. The van der Waals surface area contributed by atoms with Gasteiger partial charge in [0.15, 0.2) is 0 Å². The lowest BCUT2D eigenvalue weighted by Gasteiger charge is -2.23. The van der Waals surface area contributed by atoms with Crippen LogP contribution in [0.1, 0.15) is 6.42 Å². The summed E-state index contributed by atoms with van der Waals surface area (Å²) in [6, 6.07) is -0.102. The minimum Gasteiger partial charge on any atom is -0.481 e. The molecular formula is C6H11NO3. The maximum atomic E-state index is 10.4. The SMILES string of the molecule is N[C@@H]1COC[C@@H](C(=O)O)C1. The molecule has 1 aliphatic rings. The first-order chi connectivity index (χ1) is 4.70. The summed E-state index contributed by atoms with van der Waals surface area (Å²) in [5.41, 5.74) is 5.47. The third-order valence-electron chi connectivity index (χ3n) is 1.59. The zero-order chi connectivity index (χ0) is 7.56. The molecule has 1 saturated heterocycles. The van der Waals surface area contributed by atoms with E-state index in [1.54, 1.807) is 0 Å². The van der Waals surface area contributed by atoms with Crippen LogP contribution in [0, 0.1) is 5.92 Å². The van der Waals surface area contributed by atoms with Crippen LogP contribution in [0.25, 0.3) is 0 Å². The van der Waals surface area contributed by atoms with E-state index >= 15 is 0 Å². The van der Waals surface area contributed by atoms with E-state index in [2.05, 4.69) is 0 Å². The summed E-state index contributed by atoms with van der Waals surface area (Å²) >= 11 is 0. The van der Waals surface area contributed by atoms with Crippen LogP contribution >= 0.6 is 0 Å². The standard InChI is InChI=1S/C6H11NO3/c7-5-1-4(6(8)9)2-10-3-5/h4-5H,1-3,7H2,(H,8,9)/t4-,5-/m0/s1. The number of carboxylic acid groups (broad SMARTS) is 1. The molecule has 3 N–H and O–H groups in total. The third-order valence-corrected chi connectivity index (χ3v) is 1.59. The molecule has 0 amide bonds. The lowest BCUT2D eigenvalue weighted by molar-refractivity contribution is -0.146. The van der Waals surface area contributed by atoms with Gasteiger partial charge in [-0.05, 0) is 6.42 Å². The summed E-state index contributed by atoms with van der Waals surface area (Å²) in [5, 5.41) is 8.52. The van der Waals surface area contributed by atoms with Crippen molar-refractivity contribution in [3.63, 3.8) is 0 Å². The summed E-state index contributed by atoms with van der Waals surface area (Å²) in [4.78, 5) is 10.4. The second kappa shape index (κ2) is 2.98. The van der Waals surface area contributed by atoms with Crippen LogP contribution < -0.4 is 5.73 Å². The molecule has 0 aromatic rings. The van der Waals surface area contributed by atoms with E-state index < -0.39 is 11.9 Å². The van der Waals surface area contributed by atoms with Gasteiger partial charge in [0.1, 0.15) is 0 Å². The van der Waals surface area contributed by atoms with Crippen molar-refractivity contribution < 1.29 is 14.6 Å². The van der Waals surface area contributed by atoms with E-state index in [-0.39, 0.29) is 6.04 Å². The molecule has 4 nitrogen and oxygen atoms in total. The number of hydrogen-bond acceptors (Lipinski definition) is 3. The van der Waals surface area contributed by atoms with Crippen molar-refractivity contribution in [1.82, 2.24) is 0 Å². The largest absolute Gasteiger partial charge is 0.481 e. The quantitative estimate of drug-likeness (QED) is 0.518. The zero-order valence-electron chi connectivity index (χ0n) is 5.62. The van der Waals surface area contributed by atoms with Crippen LogP contribution in [-0.2, 0) is 9.53 Å². The summed E-state index contributed by atoms with van der Waals surface area (Å²) in [7, 11) is 0. The minimum atomic E-state index is -0.810. The van der Waals surface area contributed by atoms with Crippen molar-refractivity contribution >= 4 is 5.97 Å². The Bertz CT molecular complexity index is 137. The lowest BCUT2D eigenvalue weighted by Crippen LogP contribution is -2.38. The molecule has 1 heterocycles. The summed E-state index contributed by atoms with van der Waals surface area (Å²) in [5.74, 6) is -1.21. The normalized spacial score (nSPS) is 33.7. The fourth-order valence-electron chi connectivity index (χ4n) is 1.04. The first kappa shape index (κ1) is 7.50. The van der Waals surface area contributed by atoms with Crippen molar-refractivity contribution in [3.05, 3.63) is 0 Å². The molecule has 0 radical (unpaired) electrons. The number of nitrogens with two attached hydrogens (primary N) is 1. The van der Waals surface area contributed by atoms with Gasteiger partial charge in [0, 0.05) is 6.04 Å². The van der Waals surface area contributed by atoms with Crippen molar-refractivity contribution in [3.8, 4) is 0 Å². The lowest BCUT2D eigenvalue weighted by atomic mass is 10.00. The second-order valence-electron chi connectivity index (χ2n) is 2.57. The Hall–Kier alpha value is -0.610. The zero-order valence-corrected chi connectivity index (χ0v) is 5.62. The fraction of sp³-hybridized carbons (Fsp3) is 0.833. The molecule has 0 saturated carbocycles. The number of aliphatic carboxylic acids is 1. The number of carboxylic acids is 1. The molecule has 4 heteroatoms. The molecule has 1 fully saturated rings. The van der Waals surface area contributed by atoms with Gasteiger partial charge in [-0.3, -0.25) is 4.79 Å². The Morgan fingerprint density at radius 1 is 1.60 bits per heavy atom. The number of hydrogen-bond donors (Lipinski definition) is 2. The van der Waals surface area contributed by atoms with Crippen LogP contribution in [0.15, 0.2) is 0 Å². The van der Waals surface area contributed by atoms with E-state index in [0.717, 1.165) is 0 Å². The Morgan fingerprint density at radius 2 is 2.30 bits per heavy atom. The van der Waals surface area contributed by atoms with Gasteiger partial charge in [-0.1, -0.05) is 0 Å². The Kier molecular flexibility index (Phi) is 2.24. The summed E-state index contributed by atoms with van der Waals surface area (Å²) < 4.78 is 4.95. The molecule has 0 unspecified atom stereocenters. The Balaban J connectivity index is 2.39. The topological polar surface area (TPSA) is 72.5 Å². The van der Waals surface area contributed by atoms with Gasteiger partial charge < -0.3 is 15.6 Å². The maximum Gasteiger partial charge on any atom is 0.308 e. The van der Waals surface area contributed by atoms with Crippen LogP contribution in [0.3, 0.4) is 0 Å². The molecule has 10 heavy (non-hydrogen) atoms. The van der Waals surface area contributed by atoms with Crippen LogP contribution in [0.2, 0.25) is 0 Å². The molecule has 2 atom stereocenters. The van der Waals surface area contributed by atoms with Crippen molar-refractivity contribution in [2.45, 2.75) is 12.5 Å². The highest BCUT2D eigenvalue weighted by molar-refractivity contribution is 5.70. The highest BCUT2D eigenvalue weighted by atomic mass is 16.5. The molecular weight excluding hydrogens is 134 g/mol. The maximum absolute atomic E-state index is 10.4. The van der Waals surface area contributed by atoms with Gasteiger partial charge in [0.25, 0.3) is 0 Å². The van der Waals surface area contributed by atoms with Crippen LogP contribution in [-0.4, -0.2) is 30.3 Å². The van der Waals surface area contributed by atoms with Crippen molar-refractivity contribution in [2.75, 3.05) is 13.2 Å². The van der Waals surface area contributed by atoms with E-state index in [1.807, 2.05) is 0 Å². The third kappa shape index (κ3) is 1.68. The number of carbonyl (C=O) groups is 1. The highest BCUT2D eigenvalue weighted by Gasteiger charge is 2.25. The molecule has 0 aromatic carbocycles. The van der Waals surface area contributed by atoms with E-state index in [0.29, 0.717) is 19.6 Å². The molecule has 0 aliphatic carbocycles. The second-order valence-corrected chi connectivity index (χ2v) is 2.57. The molecule has 1 rings (SSSR count). The Morgan fingerprint density at radius 3 is 2.70 bits per heavy atom. The first-order valence-corrected chi connectivity index (χ1v) is 3.26. The smallest absolute Gasteiger partial charge is 0.308 e. The predicted molar refractivity (Wildman–Crippen MR) is 34.5 cm³/mol. The molecule has 0 aromatic heterocycles. The van der Waals surface area contributed by atoms with E-state index in [9.17, 15) is 4.79 Å². The van der Waals surface area contributed by atoms with Crippen LogP contribution in [0.4, 0.5) is 0 Å². The predicted octanol–water partition coefficient (Wildman–Crippen LogP) is -0.565. The monoisotopic (exact) mass is 145 g/mol. The van der Waals surface area contributed by atoms with Gasteiger partial charge in [-0.25, -0.2) is 0 Å². The molecule has 1 aliphatic heterocycles. The summed E-state index contributed by atoms with van der Waals surface area (Å²) in [6.07, 6.45) is 0.537. The van der Waals surface area contributed by atoms with Gasteiger partial charge >= 0.3 is 5.97 Å². The van der Waals surface area contributed by atoms with Crippen LogP contribution in [0.5, 0.6) is 0 Å². The highest BCUT2D eigenvalue weighted by Crippen LogP contribution is 2.12. The fourth-order valence-corrected chi connectivity index (χ4v) is 1.04. The summed E-state index contributed by atoms with van der Waals surface area (Å²) in [6.45, 7) is 0.798. The minimum absolute atomic E-state index is 0.102. The number of rotatable bonds is 1. The first-order valence-electron chi connectivity index (χ1n) is 3.26. The van der Waals surface area contributed by atoms with Gasteiger partial charge in [-0.2, -0.15) is 0 Å². The average Bonchev–Trinajstić information content (AvgIpc) is 1.88. The van der Waals surface area contributed by atoms with Gasteiger partial charge in [-0.15, -0.1) is 0 Å².